The zero-order valence-corrected chi connectivity index (χ0v) is 13.6. The lowest BCUT2D eigenvalue weighted by Gasteiger charge is -2.11. The molecule has 1 aromatic heterocycles. The highest BCUT2D eigenvalue weighted by molar-refractivity contribution is 9.10. The van der Waals surface area contributed by atoms with Gasteiger partial charge in [-0.3, -0.25) is 4.72 Å². The second kappa shape index (κ2) is 5.77. The molecular weight excluding hydrogens is 368 g/mol. The lowest BCUT2D eigenvalue weighted by atomic mass is 10.2. The van der Waals surface area contributed by atoms with E-state index in [0.717, 1.165) is 5.56 Å². The summed E-state index contributed by atoms with van der Waals surface area (Å²) in [5, 5.41) is 0.326. The Labute approximate surface area is 130 Å². The van der Waals surface area contributed by atoms with Gasteiger partial charge in [0.25, 0.3) is 10.0 Å². The Morgan fingerprint density at radius 2 is 2.15 bits per heavy atom. The summed E-state index contributed by atoms with van der Waals surface area (Å²) in [5.74, 6) is 0.369. The number of rotatable bonds is 4. The molecule has 0 atom stereocenters. The Morgan fingerprint density at radius 1 is 1.45 bits per heavy atom. The molecule has 0 unspecified atom stereocenters. The van der Waals surface area contributed by atoms with Gasteiger partial charge in [0, 0.05) is 6.07 Å². The third kappa shape index (κ3) is 3.01. The van der Waals surface area contributed by atoms with E-state index >= 15 is 0 Å². The molecule has 0 fully saturated rings. The van der Waals surface area contributed by atoms with Gasteiger partial charge < -0.3 is 10.2 Å². The van der Waals surface area contributed by atoms with Crippen LogP contribution in [0.1, 0.15) is 11.3 Å². The molecule has 0 aliphatic carbocycles. The molecule has 0 saturated carbocycles. The van der Waals surface area contributed by atoms with Crippen molar-refractivity contribution in [2.24, 2.45) is 5.73 Å². The van der Waals surface area contributed by atoms with Crippen molar-refractivity contribution in [1.82, 2.24) is 0 Å². The molecule has 3 N–H and O–H groups in total. The van der Waals surface area contributed by atoms with Crippen LogP contribution in [0.2, 0.25) is 5.02 Å². The van der Waals surface area contributed by atoms with Crippen molar-refractivity contribution in [3.63, 3.8) is 0 Å². The topological polar surface area (TPSA) is 85.3 Å². The van der Waals surface area contributed by atoms with Gasteiger partial charge in [0.2, 0.25) is 0 Å². The van der Waals surface area contributed by atoms with Crippen molar-refractivity contribution in [3.8, 4) is 0 Å². The Morgan fingerprint density at radius 3 is 2.70 bits per heavy atom. The quantitative estimate of drug-likeness (QED) is 0.854. The average Bonchev–Trinajstić information content (AvgIpc) is 2.76. The van der Waals surface area contributed by atoms with Gasteiger partial charge >= 0.3 is 0 Å². The molecule has 1 heterocycles. The molecular formula is C12H12BrClN2O3S. The van der Waals surface area contributed by atoms with E-state index in [1.54, 1.807) is 25.1 Å². The second-order valence-electron chi connectivity index (χ2n) is 4.09. The maximum atomic E-state index is 12.4. The molecule has 0 aliphatic heterocycles. The summed E-state index contributed by atoms with van der Waals surface area (Å²) in [6.07, 6.45) is 0. The van der Waals surface area contributed by atoms with Crippen LogP contribution < -0.4 is 10.5 Å². The molecule has 0 aliphatic rings. The number of hydrogen-bond acceptors (Lipinski definition) is 4. The third-order valence-corrected chi connectivity index (χ3v) is 5.18. The molecule has 0 bridgehead atoms. The van der Waals surface area contributed by atoms with Crippen LogP contribution in [0.15, 0.2) is 38.2 Å². The molecule has 2 rings (SSSR count). The minimum Gasteiger partial charge on any atom is -0.452 e. The van der Waals surface area contributed by atoms with Crippen molar-refractivity contribution in [1.29, 1.82) is 0 Å². The number of hydrogen-bond donors (Lipinski definition) is 2. The first-order chi connectivity index (χ1) is 9.35. The zero-order chi connectivity index (χ0) is 14.9. The Balaban J connectivity index is 2.43. The largest absolute Gasteiger partial charge is 0.452 e. The number of aryl methyl sites for hydroxylation is 1. The van der Waals surface area contributed by atoms with Gasteiger partial charge in [-0.05, 0) is 34.5 Å². The Hall–Kier alpha value is -1.02. The zero-order valence-electron chi connectivity index (χ0n) is 10.5. The summed E-state index contributed by atoms with van der Waals surface area (Å²) in [6, 6.07) is 6.50. The standard InChI is InChI=1S/C12H12BrClN2O3S/c1-7-3-2-4-9(14)11(7)16-20(17,18)10-5-8(6-15)19-12(10)13/h2-5,16H,6,15H2,1H3. The fourth-order valence-electron chi connectivity index (χ4n) is 1.63. The maximum Gasteiger partial charge on any atom is 0.266 e. The molecule has 0 amide bonds. The number of nitrogens with two attached hydrogens (primary N) is 1. The molecule has 20 heavy (non-hydrogen) atoms. The molecule has 0 spiro atoms. The molecule has 1 aromatic carbocycles. The molecule has 5 nitrogen and oxygen atoms in total. The van der Waals surface area contributed by atoms with Gasteiger partial charge in [0.05, 0.1) is 17.3 Å². The van der Waals surface area contributed by atoms with Crippen molar-refractivity contribution in [2.45, 2.75) is 18.4 Å². The summed E-state index contributed by atoms with van der Waals surface area (Å²) in [6.45, 7) is 1.87. The molecule has 8 heteroatoms. The minimum absolute atomic E-state index is 0.0164. The molecule has 0 radical (unpaired) electrons. The summed E-state index contributed by atoms with van der Waals surface area (Å²) in [7, 11) is -3.81. The average molecular weight is 380 g/mol. The first kappa shape index (κ1) is 15.4. The van der Waals surface area contributed by atoms with Crippen molar-refractivity contribution < 1.29 is 12.8 Å². The van der Waals surface area contributed by atoms with Crippen molar-refractivity contribution >= 4 is 43.2 Å². The predicted octanol–water partition coefficient (Wildman–Crippen LogP) is 3.26. The van der Waals surface area contributed by atoms with E-state index < -0.39 is 10.0 Å². The summed E-state index contributed by atoms with van der Waals surface area (Å²) in [5.41, 5.74) is 6.49. The summed E-state index contributed by atoms with van der Waals surface area (Å²) < 4.78 is 32.5. The first-order valence-corrected chi connectivity index (χ1v) is 8.27. The number of halogens is 2. The lowest BCUT2D eigenvalue weighted by molar-refractivity contribution is 0.484. The number of nitrogens with one attached hydrogen (secondary N) is 1. The first-order valence-electron chi connectivity index (χ1n) is 5.61. The van der Waals surface area contributed by atoms with Gasteiger partial charge in [0.15, 0.2) is 4.67 Å². The van der Waals surface area contributed by atoms with Crippen LogP contribution in [0.4, 0.5) is 5.69 Å². The molecule has 108 valence electrons. The fraction of sp³-hybridized carbons (Fsp3) is 0.167. The van der Waals surface area contributed by atoms with Crippen molar-refractivity contribution in [3.05, 3.63) is 45.3 Å². The van der Waals surface area contributed by atoms with E-state index in [4.69, 9.17) is 21.8 Å². The minimum atomic E-state index is -3.81. The van der Waals surface area contributed by atoms with Crippen molar-refractivity contribution in [2.75, 3.05) is 4.72 Å². The van der Waals surface area contributed by atoms with Gasteiger partial charge in [-0.2, -0.15) is 0 Å². The lowest BCUT2D eigenvalue weighted by Crippen LogP contribution is -2.14. The second-order valence-corrected chi connectivity index (χ2v) is 6.87. The van der Waals surface area contributed by atoms with Crippen LogP contribution in [-0.2, 0) is 16.6 Å². The summed E-state index contributed by atoms with van der Waals surface area (Å²) in [4.78, 5) is -0.0164. The van der Waals surface area contributed by atoms with E-state index in [1.165, 1.54) is 6.07 Å². The van der Waals surface area contributed by atoms with Gasteiger partial charge in [0.1, 0.15) is 10.7 Å². The van der Waals surface area contributed by atoms with Crippen LogP contribution in [0.25, 0.3) is 0 Å². The van der Waals surface area contributed by atoms with Crippen LogP contribution in [0.5, 0.6) is 0 Å². The van der Waals surface area contributed by atoms with Gasteiger partial charge in [-0.1, -0.05) is 23.7 Å². The third-order valence-electron chi connectivity index (χ3n) is 2.66. The molecule has 0 saturated heterocycles. The van der Waals surface area contributed by atoms with Crippen LogP contribution in [0.3, 0.4) is 0 Å². The highest BCUT2D eigenvalue weighted by Gasteiger charge is 2.23. The van der Waals surface area contributed by atoms with E-state index in [-0.39, 0.29) is 16.1 Å². The maximum absolute atomic E-state index is 12.4. The van der Waals surface area contributed by atoms with Crippen LogP contribution >= 0.6 is 27.5 Å². The fourth-order valence-corrected chi connectivity index (χ4v) is 4.11. The number of para-hydroxylation sites is 1. The smallest absolute Gasteiger partial charge is 0.266 e. The Bertz CT molecular complexity index is 723. The molecule has 2 aromatic rings. The normalized spacial score (nSPS) is 11.6. The Kier molecular flexibility index (Phi) is 4.43. The van der Waals surface area contributed by atoms with E-state index in [2.05, 4.69) is 20.7 Å². The van der Waals surface area contributed by atoms with Gasteiger partial charge in [-0.15, -0.1) is 0 Å². The van der Waals surface area contributed by atoms with Gasteiger partial charge in [-0.25, -0.2) is 8.42 Å². The predicted molar refractivity (Wildman–Crippen MR) is 81.3 cm³/mol. The number of sulfonamides is 1. The summed E-state index contributed by atoms with van der Waals surface area (Å²) >= 11 is 9.08. The van der Waals surface area contributed by atoms with Crippen LogP contribution in [-0.4, -0.2) is 8.42 Å². The number of furan rings is 1. The van der Waals surface area contributed by atoms with E-state index in [1.807, 2.05) is 0 Å². The number of benzene rings is 1. The SMILES string of the molecule is Cc1cccc(Cl)c1NS(=O)(=O)c1cc(CN)oc1Br. The van der Waals surface area contributed by atoms with E-state index in [9.17, 15) is 8.42 Å². The highest BCUT2D eigenvalue weighted by atomic mass is 79.9. The van der Waals surface area contributed by atoms with E-state index in [0.29, 0.717) is 16.5 Å². The number of anilines is 1. The monoisotopic (exact) mass is 378 g/mol. The van der Waals surface area contributed by atoms with Crippen LogP contribution in [0, 0.1) is 6.92 Å². The highest BCUT2D eigenvalue weighted by Crippen LogP contribution is 2.31.